The summed E-state index contributed by atoms with van der Waals surface area (Å²) >= 11 is 0. The van der Waals surface area contributed by atoms with Crippen LogP contribution in [0.25, 0.3) is 0 Å². The summed E-state index contributed by atoms with van der Waals surface area (Å²) in [5.41, 5.74) is 10.3. The molecule has 1 aliphatic rings. The molecule has 23 heavy (non-hydrogen) atoms. The summed E-state index contributed by atoms with van der Waals surface area (Å²) in [4.78, 5) is 18.9. The van der Waals surface area contributed by atoms with E-state index in [2.05, 4.69) is 24.8 Å². The monoisotopic (exact) mass is 306 g/mol. The van der Waals surface area contributed by atoms with Crippen molar-refractivity contribution in [2.75, 3.05) is 12.3 Å². The van der Waals surface area contributed by atoms with Crippen LogP contribution in [0.5, 0.6) is 0 Å². The highest BCUT2D eigenvalue weighted by Crippen LogP contribution is 2.33. The lowest BCUT2D eigenvalue weighted by molar-refractivity contribution is 0.197. The molecule has 0 amide bonds. The average molecular weight is 306 g/mol. The highest BCUT2D eigenvalue weighted by atomic mass is 15.2. The van der Waals surface area contributed by atoms with Gasteiger partial charge in [-0.25, -0.2) is 9.97 Å². The van der Waals surface area contributed by atoms with E-state index in [4.69, 9.17) is 5.73 Å². The number of fused-ring (bicyclic) bond motifs is 1. The van der Waals surface area contributed by atoms with Crippen LogP contribution in [0, 0.1) is 0 Å². The lowest BCUT2D eigenvalue weighted by Crippen LogP contribution is -2.36. The minimum atomic E-state index is 0.0332. The molecule has 0 spiro atoms. The number of anilines is 1. The van der Waals surface area contributed by atoms with Crippen LogP contribution in [-0.2, 0) is 13.0 Å². The molecule has 3 aromatic rings. The third kappa shape index (κ3) is 2.57. The fraction of sp³-hybridized carbons (Fsp3) is 0.235. The van der Waals surface area contributed by atoms with Crippen LogP contribution in [-0.4, -0.2) is 31.4 Å². The number of hydrogen-bond acceptors (Lipinski definition) is 5. The normalized spacial score (nSPS) is 17.8. The highest BCUT2D eigenvalue weighted by Gasteiger charge is 2.32. The molecular formula is C17H18N6. The van der Waals surface area contributed by atoms with Gasteiger partial charge >= 0.3 is 0 Å². The van der Waals surface area contributed by atoms with Gasteiger partial charge in [0.05, 0.1) is 23.8 Å². The second-order valence-electron chi connectivity index (χ2n) is 5.69. The van der Waals surface area contributed by atoms with Gasteiger partial charge < -0.3 is 10.7 Å². The molecular weight excluding hydrogens is 288 g/mol. The van der Waals surface area contributed by atoms with Crippen LogP contribution in [0.4, 0.5) is 5.82 Å². The van der Waals surface area contributed by atoms with E-state index in [-0.39, 0.29) is 6.04 Å². The van der Waals surface area contributed by atoms with E-state index in [1.807, 2.05) is 36.5 Å². The molecule has 6 heteroatoms. The Balaban J connectivity index is 1.72. The number of nitrogens with zero attached hydrogens (tertiary/aromatic N) is 4. The van der Waals surface area contributed by atoms with E-state index in [9.17, 15) is 0 Å². The van der Waals surface area contributed by atoms with Crippen molar-refractivity contribution >= 4 is 5.82 Å². The molecule has 4 rings (SSSR count). The number of H-pyrrole nitrogens is 1. The van der Waals surface area contributed by atoms with Crippen LogP contribution in [0.1, 0.15) is 28.7 Å². The van der Waals surface area contributed by atoms with Gasteiger partial charge in [0, 0.05) is 43.2 Å². The lowest BCUT2D eigenvalue weighted by atomic mass is 9.98. The molecule has 0 aliphatic carbocycles. The Morgan fingerprint density at radius 1 is 1.13 bits per heavy atom. The summed E-state index contributed by atoms with van der Waals surface area (Å²) in [7, 11) is 0. The van der Waals surface area contributed by atoms with Gasteiger partial charge in [0.2, 0.25) is 0 Å². The topological polar surface area (TPSA) is 83.7 Å². The van der Waals surface area contributed by atoms with E-state index < -0.39 is 0 Å². The number of nitrogen functional groups attached to an aromatic ring is 1. The quantitative estimate of drug-likeness (QED) is 0.772. The van der Waals surface area contributed by atoms with Crippen molar-refractivity contribution in [1.82, 2.24) is 24.8 Å². The van der Waals surface area contributed by atoms with Crippen LogP contribution >= 0.6 is 0 Å². The Morgan fingerprint density at radius 2 is 2.04 bits per heavy atom. The third-order valence-electron chi connectivity index (χ3n) is 4.29. The number of imidazole rings is 1. The molecule has 0 aromatic carbocycles. The third-order valence-corrected chi connectivity index (χ3v) is 4.29. The first-order chi connectivity index (χ1) is 11.3. The zero-order valence-corrected chi connectivity index (χ0v) is 12.7. The Morgan fingerprint density at radius 3 is 2.87 bits per heavy atom. The predicted molar refractivity (Wildman–Crippen MR) is 87.4 cm³/mol. The second kappa shape index (κ2) is 5.81. The molecule has 1 atom stereocenters. The first-order valence-electron chi connectivity index (χ1n) is 7.69. The van der Waals surface area contributed by atoms with E-state index in [0.717, 1.165) is 36.5 Å². The minimum absolute atomic E-state index is 0.0332. The smallest absolute Gasteiger partial charge is 0.127 e. The molecule has 0 radical (unpaired) electrons. The fourth-order valence-electron chi connectivity index (χ4n) is 3.16. The summed E-state index contributed by atoms with van der Waals surface area (Å²) in [5.74, 6) is 0.583. The van der Waals surface area contributed by atoms with Gasteiger partial charge in [-0.15, -0.1) is 0 Å². The van der Waals surface area contributed by atoms with Gasteiger partial charge in [0.25, 0.3) is 0 Å². The average Bonchev–Trinajstić information content (AvgIpc) is 3.06. The van der Waals surface area contributed by atoms with E-state index in [1.165, 1.54) is 5.69 Å². The maximum atomic E-state index is 6.02. The van der Waals surface area contributed by atoms with Crippen LogP contribution in [0.15, 0.2) is 49.1 Å². The molecule has 3 aromatic heterocycles. The zero-order chi connectivity index (χ0) is 15.6. The molecule has 0 bridgehead atoms. The first-order valence-corrected chi connectivity index (χ1v) is 7.69. The number of aromatic amines is 1. The summed E-state index contributed by atoms with van der Waals surface area (Å²) in [6, 6.07) is 9.98. The molecule has 0 fully saturated rings. The largest absolute Gasteiger partial charge is 0.383 e. The Kier molecular flexibility index (Phi) is 3.51. The second-order valence-corrected chi connectivity index (χ2v) is 5.69. The van der Waals surface area contributed by atoms with Crippen molar-refractivity contribution < 1.29 is 0 Å². The Labute approximate surface area is 134 Å². The van der Waals surface area contributed by atoms with E-state index in [1.54, 1.807) is 12.5 Å². The van der Waals surface area contributed by atoms with Crippen molar-refractivity contribution in [3.05, 3.63) is 71.7 Å². The molecule has 6 nitrogen and oxygen atoms in total. The summed E-state index contributed by atoms with van der Waals surface area (Å²) in [5, 5.41) is 0. The molecule has 3 N–H and O–H groups in total. The van der Waals surface area contributed by atoms with Crippen molar-refractivity contribution in [3.63, 3.8) is 0 Å². The summed E-state index contributed by atoms with van der Waals surface area (Å²) < 4.78 is 0. The summed E-state index contributed by atoms with van der Waals surface area (Å²) in [6.45, 7) is 1.65. The van der Waals surface area contributed by atoms with Gasteiger partial charge in [-0.2, -0.15) is 0 Å². The Bertz CT molecular complexity index is 798. The van der Waals surface area contributed by atoms with Crippen molar-refractivity contribution in [3.8, 4) is 0 Å². The minimum Gasteiger partial charge on any atom is -0.383 e. The van der Waals surface area contributed by atoms with E-state index in [0.29, 0.717) is 5.82 Å². The van der Waals surface area contributed by atoms with Crippen LogP contribution < -0.4 is 5.73 Å². The fourth-order valence-corrected chi connectivity index (χ4v) is 3.16. The van der Waals surface area contributed by atoms with Gasteiger partial charge in [0.1, 0.15) is 5.82 Å². The number of hydrogen-bond donors (Lipinski definition) is 2. The SMILES string of the molecule is Nc1ncccc1CN1CCc2[nH]cnc2[C@@H]1c1ccccn1. The highest BCUT2D eigenvalue weighted by molar-refractivity contribution is 5.39. The number of nitrogens with two attached hydrogens (primary N) is 1. The molecule has 0 saturated heterocycles. The van der Waals surface area contributed by atoms with Crippen LogP contribution in [0.2, 0.25) is 0 Å². The van der Waals surface area contributed by atoms with Crippen molar-refractivity contribution in [2.24, 2.45) is 0 Å². The van der Waals surface area contributed by atoms with Crippen molar-refractivity contribution in [1.29, 1.82) is 0 Å². The van der Waals surface area contributed by atoms with Gasteiger partial charge in [0.15, 0.2) is 0 Å². The number of aromatic nitrogens is 4. The summed E-state index contributed by atoms with van der Waals surface area (Å²) in [6.07, 6.45) is 6.26. The number of rotatable bonds is 3. The number of pyridine rings is 2. The van der Waals surface area contributed by atoms with Crippen molar-refractivity contribution in [2.45, 2.75) is 19.0 Å². The molecule has 0 unspecified atom stereocenters. The van der Waals surface area contributed by atoms with Gasteiger partial charge in [-0.1, -0.05) is 12.1 Å². The zero-order valence-electron chi connectivity index (χ0n) is 12.7. The van der Waals surface area contributed by atoms with Gasteiger partial charge in [-0.3, -0.25) is 9.88 Å². The predicted octanol–water partition coefficient (Wildman–Crippen LogP) is 1.93. The van der Waals surface area contributed by atoms with Crippen LogP contribution in [0.3, 0.4) is 0 Å². The molecule has 116 valence electrons. The van der Waals surface area contributed by atoms with Gasteiger partial charge in [-0.05, 0) is 18.2 Å². The maximum absolute atomic E-state index is 6.02. The molecule has 0 saturated carbocycles. The first kappa shape index (κ1) is 13.9. The molecule has 4 heterocycles. The lowest BCUT2D eigenvalue weighted by Gasteiger charge is -2.34. The molecule has 1 aliphatic heterocycles. The van der Waals surface area contributed by atoms with E-state index >= 15 is 0 Å². The number of nitrogens with one attached hydrogen (secondary N) is 1. The Hall–Kier alpha value is -2.73. The maximum Gasteiger partial charge on any atom is 0.127 e. The standard InChI is InChI=1S/C17H18N6/c18-17-12(4-3-8-20-17)10-23-9-6-13-15(22-11-21-13)16(23)14-5-1-2-7-19-14/h1-5,7-8,11,16H,6,9-10H2,(H2,18,20)(H,21,22)/t16-/m0/s1.